The van der Waals surface area contributed by atoms with E-state index in [-0.39, 0.29) is 17.9 Å². The van der Waals surface area contributed by atoms with Crippen LogP contribution in [0.1, 0.15) is 35.7 Å². The second-order valence-electron chi connectivity index (χ2n) is 5.13. The van der Waals surface area contributed by atoms with Gasteiger partial charge in [0.15, 0.2) is 0 Å². The van der Waals surface area contributed by atoms with Crippen LogP contribution in [0, 0.1) is 0 Å². The average molecular weight is 276 g/mol. The van der Waals surface area contributed by atoms with E-state index < -0.39 is 0 Å². The number of hydrogen-bond acceptors (Lipinski definition) is 3. The number of nitrogens with zero attached hydrogens (tertiary/aromatic N) is 1. The minimum Gasteiger partial charge on any atom is -0.393 e. The fourth-order valence-electron chi connectivity index (χ4n) is 2.24. The molecule has 5 heteroatoms. The largest absolute Gasteiger partial charge is 0.393 e. The molecule has 0 saturated carbocycles. The molecule has 1 aliphatic rings. The number of carbonyl (C=O) groups is 2. The Balaban J connectivity index is 1.95. The molecular weight excluding hydrogens is 256 g/mol. The molecule has 0 aliphatic carbocycles. The Kier molecular flexibility index (Phi) is 4.74. The van der Waals surface area contributed by atoms with E-state index in [0.717, 1.165) is 5.56 Å². The molecule has 1 aromatic rings. The van der Waals surface area contributed by atoms with Gasteiger partial charge in [-0.3, -0.25) is 9.59 Å². The Bertz CT molecular complexity index is 476. The zero-order valence-corrected chi connectivity index (χ0v) is 11.6. The van der Waals surface area contributed by atoms with Crippen LogP contribution in [0.25, 0.3) is 0 Å². The van der Waals surface area contributed by atoms with Gasteiger partial charge in [-0.15, -0.1) is 0 Å². The van der Waals surface area contributed by atoms with Crippen molar-refractivity contribution < 1.29 is 14.7 Å². The van der Waals surface area contributed by atoms with Gasteiger partial charge in [-0.05, 0) is 30.5 Å². The van der Waals surface area contributed by atoms with Crippen LogP contribution in [-0.4, -0.2) is 41.0 Å². The second kappa shape index (κ2) is 6.52. The molecule has 0 radical (unpaired) electrons. The van der Waals surface area contributed by atoms with E-state index in [1.807, 2.05) is 12.1 Å². The molecule has 20 heavy (non-hydrogen) atoms. The van der Waals surface area contributed by atoms with Crippen molar-refractivity contribution in [1.29, 1.82) is 0 Å². The van der Waals surface area contributed by atoms with Gasteiger partial charge in [0, 0.05) is 32.1 Å². The summed E-state index contributed by atoms with van der Waals surface area (Å²) in [7, 11) is 0. The van der Waals surface area contributed by atoms with Crippen LogP contribution in [0.3, 0.4) is 0 Å². The van der Waals surface area contributed by atoms with E-state index in [4.69, 9.17) is 0 Å². The van der Waals surface area contributed by atoms with Crippen LogP contribution >= 0.6 is 0 Å². The first kappa shape index (κ1) is 14.5. The van der Waals surface area contributed by atoms with Crippen LogP contribution < -0.4 is 5.32 Å². The topological polar surface area (TPSA) is 69.6 Å². The van der Waals surface area contributed by atoms with Gasteiger partial charge in [-0.25, -0.2) is 0 Å². The fourth-order valence-corrected chi connectivity index (χ4v) is 2.24. The van der Waals surface area contributed by atoms with Gasteiger partial charge in [0.05, 0.1) is 6.10 Å². The van der Waals surface area contributed by atoms with Gasteiger partial charge in [-0.1, -0.05) is 12.1 Å². The maximum Gasteiger partial charge on any atom is 0.253 e. The number of nitrogens with one attached hydrogen (secondary N) is 1. The number of rotatable bonds is 3. The molecule has 0 unspecified atom stereocenters. The van der Waals surface area contributed by atoms with E-state index in [2.05, 4.69) is 5.32 Å². The Morgan fingerprint density at radius 3 is 2.40 bits per heavy atom. The lowest BCUT2D eigenvalue weighted by Gasteiger charge is -2.29. The molecule has 1 aliphatic heterocycles. The van der Waals surface area contributed by atoms with Gasteiger partial charge in [0.25, 0.3) is 5.91 Å². The number of benzene rings is 1. The number of hydrogen-bond donors (Lipinski definition) is 2. The zero-order valence-electron chi connectivity index (χ0n) is 11.6. The van der Waals surface area contributed by atoms with Crippen molar-refractivity contribution in [2.24, 2.45) is 0 Å². The smallest absolute Gasteiger partial charge is 0.253 e. The quantitative estimate of drug-likeness (QED) is 0.862. The standard InChI is InChI=1S/C15H20N2O3/c1-11(18)16-10-12-2-4-13(5-3-12)15(20)17-8-6-14(19)7-9-17/h2-5,14,19H,6-10H2,1H3,(H,16,18). The summed E-state index contributed by atoms with van der Waals surface area (Å²) in [4.78, 5) is 24.9. The molecule has 108 valence electrons. The van der Waals surface area contributed by atoms with E-state index in [0.29, 0.717) is 38.0 Å². The maximum atomic E-state index is 12.3. The molecule has 2 rings (SSSR count). The van der Waals surface area contributed by atoms with E-state index in [1.54, 1.807) is 17.0 Å². The molecule has 2 N–H and O–H groups in total. The summed E-state index contributed by atoms with van der Waals surface area (Å²) in [6, 6.07) is 7.26. The van der Waals surface area contributed by atoms with Crippen molar-refractivity contribution in [2.45, 2.75) is 32.4 Å². The minimum atomic E-state index is -0.279. The lowest BCUT2D eigenvalue weighted by atomic mass is 10.1. The third-order valence-electron chi connectivity index (χ3n) is 3.49. The molecular formula is C15H20N2O3. The van der Waals surface area contributed by atoms with E-state index >= 15 is 0 Å². The van der Waals surface area contributed by atoms with Gasteiger partial charge in [0.2, 0.25) is 5.91 Å². The highest BCUT2D eigenvalue weighted by atomic mass is 16.3. The molecule has 0 spiro atoms. The predicted molar refractivity (Wildman–Crippen MR) is 75.1 cm³/mol. The third kappa shape index (κ3) is 3.81. The highest BCUT2D eigenvalue weighted by Crippen LogP contribution is 2.14. The normalized spacial score (nSPS) is 16.0. The van der Waals surface area contributed by atoms with Gasteiger partial charge < -0.3 is 15.3 Å². The van der Waals surface area contributed by atoms with Crippen molar-refractivity contribution >= 4 is 11.8 Å². The van der Waals surface area contributed by atoms with Gasteiger partial charge in [-0.2, -0.15) is 0 Å². The predicted octanol–water partition coefficient (Wildman–Crippen LogP) is 0.920. The summed E-state index contributed by atoms with van der Waals surface area (Å²) in [5.74, 6) is -0.0694. The number of amides is 2. The molecule has 1 saturated heterocycles. The van der Waals surface area contributed by atoms with Crippen molar-refractivity contribution in [2.75, 3.05) is 13.1 Å². The van der Waals surface area contributed by atoms with Crippen LogP contribution in [-0.2, 0) is 11.3 Å². The van der Waals surface area contributed by atoms with Gasteiger partial charge in [0.1, 0.15) is 0 Å². The number of carbonyl (C=O) groups excluding carboxylic acids is 2. The molecule has 2 amide bonds. The van der Waals surface area contributed by atoms with E-state index in [1.165, 1.54) is 6.92 Å². The molecule has 1 aromatic carbocycles. The first-order valence-corrected chi connectivity index (χ1v) is 6.87. The number of piperidine rings is 1. The lowest BCUT2D eigenvalue weighted by Crippen LogP contribution is -2.40. The summed E-state index contributed by atoms with van der Waals surface area (Å²) in [5, 5.41) is 12.2. The first-order valence-electron chi connectivity index (χ1n) is 6.87. The summed E-state index contributed by atoms with van der Waals surface area (Å²) in [6.07, 6.45) is 1.01. The maximum absolute atomic E-state index is 12.3. The molecule has 0 aromatic heterocycles. The highest BCUT2D eigenvalue weighted by molar-refractivity contribution is 5.94. The zero-order chi connectivity index (χ0) is 14.5. The Labute approximate surface area is 118 Å². The van der Waals surface area contributed by atoms with Crippen LogP contribution in [0.2, 0.25) is 0 Å². The second-order valence-corrected chi connectivity index (χ2v) is 5.13. The minimum absolute atomic E-state index is 0.00276. The molecule has 5 nitrogen and oxygen atoms in total. The number of aliphatic hydroxyl groups excluding tert-OH is 1. The summed E-state index contributed by atoms with van der Waals surface area (Å²) in [5.41, 5.74) is 1.61. The van der Waals surface area contributed by atoms with Gasteiger partial charge >= 0.3 is 0 Å². The Morgan fingerprint density at radius 2 is 1.85 bits per heavy atom. The SMILES string of the molecule is CC(=O)NCc1ccc(C(=O)N2CCC(O)CC2)cc1. The summed E-state index contributed by atoms with van der Waals surface area (Å²) in [6.45, 7) is 3.16. The van der Waals surface area contributed by atoms with Crippen molar-refractivity contribution in [1.82, 2.24) is 10.2 Å². The third-order valence-corrected chi connectivity index (χ3v) is 3.49. The van der Waals surface area contributed by atoms with Crippen molar-refractivity contribution in [3.05, 3.63) is 35.4 Å². The molecule has 0 atom stereocenters. The Hall–Kier alpha value is -1.88. The van der Waals surface area contributed by atoms with Crippen molar-refractivity contribution in [3.63, 3.8) is 0 Å². The summed E-state index contributed by atoms with van der Waals surface area (Å²) >= 11 is 0. The van der Waals surface area contributed by atoms with Crippen LogP contribution in [0.4, 0.5) is 0 Å². The van der Waals surface area contributed by atoms with Crippen molar-refractivity contribution in [3.8, 4) is 0 Å². The number of aliphatic hydroxyl groups is 1. The highest BCUT2D eigenvalue weighted by Gasteiger charge is 2.22. The summed E-state index contributed by atoms with van der Waals surface area (Å²) < 4.78 is 0. The Morgan fingerprint density at radius 1 is 1.25 bits per heavy atom. The van der Waals surface area contributed by atoms with Crippen LogP contribution in [0.5, 0.6) is 0 Å². The fraction of sp³-hybridized carbons (Fsp3) is 0.467. The molecule has 0 bridgehead atoms. The molecule has 1 heterocycles. The molecule has 1 fully saturated rings. The lowest BCUT2D eigenvalue weighted by molar-refractivity contribution is -0.119. The monoisotopic (exact) mass is 276 g/mol. The van der Waals surface area contributed by atoms with Crippen LogP contribution in [0.15, 0.2) is 24.3 Å². The average Bonchev–Trinajstić information content (AvgIpc) is 2.46. The number of likely N-dealkylation sites (tertiary alicyclic amines) is 1. The first-order chi connectivity index (χ1) is 9.56. The van der Waals surface area contributed by atoms with E-state index in [9.17, 15) is 14.7 Å².